The number of halogens is 2. The number of carbonyl (C=O) groups excluding carboxylic acids is 6. The zero-order chi connectivity index (χ0) is 92.8. The average molecular weight is 1790 g/mol. The molecule has 0 radical (unpaired) electrons. The fraction of sp³-hybridized carbons (Fsp3) is 0.263. The number of hydrogen-bond donors (Lipinski definition) is 10. The van der Waals surface area contributed by atoms with Gasteiger partial charge in [-0.3, -0.25) is 29.0 Å². The SMILES string of the molecule is CC(=O)Nc1cc(Oc2ccc(NC(=O)C(C)c3ccc(C)cc3)cc2)ncn1.CC(=O)Nc1cc(Oc2ccc(NC(=O)Cc3cc(F)cc(F)c3)cc2)ncn1.COCCNc1cc(Oc2ccc(NC(=O)Nc3ccc(CN4CCN(C)CC4)c(C)c3)cc2)ncn1.COCCNc1cc(Oc2ccc(NC(=O)Nc3ccc(CN4CCN(C)CC4)cc3)cc2)ncn1. The van der Waals surface area contributed by atoms with Crippen molar-refractivity contribution < 1.29 is 66.0 Å². The number of nitrogens with zero attached hydrogens (tertiary/aromatic N) is 12. The summed E-state index contributed by atoms with van der Waals surface area (Å²) < 4.78 is 59.3. The van der Waals surface area contributed by atoms with Crippen molar-refractivity contribution in [1.82, 2.24) is 59.5 Å². The molecule has 10 N–H and O–H groups in total. The lowest BCUT2D eigenvalue weighted by Gasteiger charge is -2.32. The highest BCUT2D eigenvalue weighted by molar-refractivity contribution is 6.01. The molecule has 0 spiro atoms. The number of piperazine rings is 2. The molecule has 2 fully saturated rings. The summed E-state index contributed by atoms with van der Waals surface area (Å²) in [5.41, 5.74) is 10.0. The monoisotopic (exact) mass is 1780 g/mol. The zero-order valence-electron chi connectivity index (χ0n) is 74.1. The van der Waals surface area contributed by atoms with Crippen LogP contribution < -0.4 is 72.1 Å². The van der Waals surface area contributed by atoms with Gasteiger partial charge in [-0.1, -0.05) is 48.0 Å². The van der Waals surface area contributed by atoms with Gasteiger partial charge in [-0.2, -0.15) is 0 Å². The van der Waals surface area contributed by atoms with Gasteiger partial charge in [0.2, 0.25) is 47.1 Å². The Labute approximate surface area is 758 Å². The predicted octanol–water partition coefficient (Wildman–Crippen LogP) is 15.7. The third-order valence-electron chi connectivity index (χ3n) is 19.8. The Kier molecular flexibility index (Phi) is 36.8. The van der Waals surface area contributed by atoms with Crippen LogP contribution in [-0.2, 0) is 48.2 Å². The smallest absolute Gasteiger partial charge is 0.323 e. The Bertz CT molecular complexity index is 5690. The zero-order valence-corrected chi connectivity index (χ0v) is 74.1. The molecular formula is C95H106F2N22O12. The highest BCUT2D eigenvalue weighted by Gasteiger charge is 2.20. The molecule has 2 aliphatic heterocycles. The van der Waals surface area contributed by atoms with E-state index in [0.29, 0.717) is 113 Å². The van der Waals surface area contributed by atoms with Crippen LogP contribution in [0.3, 0.4) is 0 Å². The number of aryl methyl sites for hydroxylation is 2. The molecule has 682 valence electrons. The molecule has 1 unspecified atom stereocenters. The van der Waals surface area contributed by atoms with E-state index >= 15 is 0 Å². The standard InChI is InChI=1S/C27H35N7O3.C26H33N7O3.C22H22N4O3.C20H16F2N4O3/c1-20-16-23(5-4-21(20)18-34-13-11-33(2)12-14-34)32-27(35)31-22-6-8-24(9-7-22)37-26-17-25(29-19-30-26)28-10-15-36-3;1-32-12-14-33(15-13-32)18-20-3-5-21(6-4-20)30-26(34)31-22-7-9-23(10-8-22)36-25-17-24(28-19-29-25)27-11-16-35-2;1-14-4-6-17(7-5-14)15(2)22(28)26-18-8-10-19(11-9-18)29-21-12-20(23-13-24-21)25-16(3)27;1-12(27)25-18-10-20(24-11-23-18)29-17-4-2-16(3-5-17)26-19(28)8-13-6-14(21)9-15(22)7-13/h4-9,16-17,19H,10-15,18H2,1-3H3,(H,28,29,30)(H2,31,32,35);3-10,17,19H,11-16,18H2,1-2H3,(H,27,28,29)(H2,30,31,34);4-13,15H,1-3H3,(H,26,28)(H,23,24,25,27);2-7,9-11H,8H2,1H3,(H,26,28)(H,23,24,25,27). The van der Waals surface area contributed by atoms with Crippen LogP contribution in [0.5, 0.6) is 46.5 Å². The van der Waals surface area contributed by atoms with Crippen LogP contribution in [0.1, 0.15) is 60.1 Å². The molecule has 36 heteroatoms. The molecule has 8 aromatic carbocycles. The number of nitrogens with one attached hydrogen (secondary N) is 10. The summed E-state index contributed by atoms with van der Waals surface area (Å²) >= 11 is 0. The number of ether oxygens (including phenoxy) is 6. The lowest BCUT2D eigenvalue weighted by Crippen LogP contribution is -2.43. The Morgan fingerprint density at radius 3 is 1.14 bits per heavy atom. The molecule has 0 saturated carbocycles. The van der Waals surface area contributed by atoms with E-state index in [1.165, 1.54) is 68.0 Å². The van der Waals surface area contributed by atoms with Gasteiger partial charge in [0.25, 0.3) is 0 Å². The summed E-state index contributed by atoms with van der Waals surface area (Å²) in [4.78, 5) is 114. The van der Waals surface area contributed by atoms with Crippen molar-refractivity contribution in [1.29, 1.82) is 0 Å². The highest BCUT2D eigenvalue weighted by atomic mass is 19.1. The van der Waals surface area contributed by atoms with E-state index in [1.54, 1.807) is 123 Å². The van der Waals surface area contributed by atoms with Crippen molar-refractivity contribution in [3.8, 4) is 46.5 Å². The molecule has 14 rings (SSSR count). The van der Waals surface area contributed by atoms with Crippen LogP contribution >= 0.6 is 0 Å². The van der Waals surface area contributed by atoms with Gasteiger partial charge in [0.15, 0.2) is 0 Å². The first-order chi connectivity index (χ1) is 63.3. The van der Waals surface area contributed by atoms with Gasteiger partial charge in [0.05, 0.1) is 25.6 Å². The van der Waals surface area contributed by atoms with Gasteiger partial charge in [-0.05, 0) is 196 Å². The molecule has 131 heavy (non-hydrogen) atoms. The molecule has 6 heterocycles. The molecule has 0 bridgehead atoms. The maximum atomic E-state index is 13.2. The lowest BCUT2D eigenvalue weighted by atomic mass is 9.99. The summed E-state index contributed by atoms with van der Waals surface area (Å²) in [6, 6.07) is 58.3. The number of methoxy groups -OCH3 is 2. The molecule has 12 aromatic rings. The number of anilines is 10. The van der Waals surface area contributed by atoms with E-state index in [9.17, 15) is 37.5 Å². The van der Waals surface area contributed by atoms with E-state index in [2.05, 4.69) is 152 Å². The van der Waals surface area contributed by atoms with Crippen LogP contribution in [0.25, 0.3) is 0 Å². The Morgan fingerprint density at radius 1 is 0.382 bits per heavy atom. The van der Waals surface area contributed by atoms with E-state index < -0.39 is 17.5 Å². The molecule has 2 aliphatic rings. The van der Waals surface area contributed by atoms with E-state index in [1.807, 2.05) is 62.4 Å². The minimum absolute atomic E-state index is 0.0849. The Balaban J connectivity index is 0.000000170. The fourth-order valence-electron chi connectivity index (χ4n) is 12.8. The number of hydrogen-bond acceptors (Lipinski definition) is 26. The van der Waals surface area contributed by atoms with Crippen LogP contribution in [0.2, 0.25) is 0 Å². The molecule has 34 nitrogen and oxygen atoms in total. The maximum Gasteiger partial charge on any atom is 0.323 e. The normalized spacial score (nSPS) is 12.8. The highest BCUT2D eigenvalue weighted by Crippen LogP contribution is 2.30. The van der Waals surface area contributed by atoms with Crippen molar-refractivity contribution in [2.24, 2.45) is 0 Å². The Morgan fingerprint density at radius 2 is 0.740 bits per heavy atom. The summed E-state index contributed by atoms with van der Waals surface area (Å²) in [6.45, 7) is 21.7. The third kappa shape index (κ3) is 33.9. The second kappa shape index (κ2) is 49.9. The molecular weight excluding hydrogens is 1680 g/mol. The summed E-state index contributed by atoms with van der Waals surface area (Å²) in [7, 11) is 7.61. The van der Waals surface area contributed by atoms with Gasteiger partial charge in [0, 0.05) is 171 Å². The predicted molar refractivity (Wildman–Crippen MR) is 499 cm³/mol. The molecule has 4 aromatic heterocycles. The number of aromatic nitrogens is 8. The summed E-state index contributed by atoms with van der Waals surface area (Å²) in [5, 5.41) is 28.4. The average Bonchev–Trinajstić information content (AvgIpc) is 0.850. The lowest BCUT2D eigenvalue weighted by molar-refractivity contribution is -0.117. The first kappa shape index (κ1) is 96.6. The van der Waals surface area contributed by atoms with Crippen molar-refractivity contribution >= 4 is 93.1 Å². The molecule has 0 aliphatic carbocycles. The van der Waals surface area contributed by atoms with Crippen LogP contribution in [0, 0.1) is 25.5 Å². The van der Waals surface area contributed by atoms with Gasteiger partial charge < -0.3 is 91.4 Å². The maximum absolute atomic E-state index is 13.2. The summed E-state index contributed by atoms with van der Waals surface area (Å²) in [6.07, 6.45) is 5.26. The van der Waals surface area contributed by atoms with Gasteiger partial charge in [-0.25, -0.2) is 58.2 Å². The summed E-state index contributed by atoms with van der Waals surface area (Å²) in [5.74, 6) is 2.78. The first-order valence-electron chi connectivity index (χ1n) is 42.0. The number of urea groups is 2. The van der Waals surface area contributed by atoms with Crippen molar-refractivity contribution in [3.63, 3.8) is 0 Å². The van der Waals surface area contributed by atoms with Crippen molar-refractivity contribution in [2.75, 3.05) is 160 Å². The molecule has 1 atom stereocenters. The number of carbonyl (C=O) groups is 6. The third-order valence-corrected chi connectivity index (χ3v) is 19.8. The molecule has 8 amide bonds. The van der Waals surface area contributed by atoms with E-state index in [-0.39, 0.29) is 53.6 Å². The number of amides is 8. The molecule has 2 saturated heterocycles. The minimum atomic E-state index is -0.735. The second-order valence-corrected chi connectivity index (χ2v) is 30.5. The Hall–Kier alpha value is -15.1. The number of rotatable bonds is 32. The van der Waals surface area contributed by atoms with Crippen LogP contribution in [0.15, 0.2) is 232 Å². The van der Waals surface area contributed by atoms with Crippen molar-refractivity contribution in [3.05, 3.63) is 277 Å². The first-order valence-corrected chi connectivity index (χ1v) is 42.0. The topological polar surface area (TPSA) is 394 Å². The second-order valence-electron chi connectivity index (χ2n) is 30.5. The number of benzene rings is 8. The largest absolute Gasteiger partial charge is 0.439 e. The fourth-order valence-corrected chi connectivity index (χ4v) is 12.8. The minimum Gasteiger partial charge on any atom is -0.439 e. The van der Waals surface area contributed by atoms with Crippen LogP contribution in [0.4, 0.5) is 75.8 Å². The quantitative estimate of drug-likeness (QED) is 0.0175. The van der Waals surface area contributed by atoms with E-state index in [4.69, 9.17) is 28.4 Å². The van der Waals surface area contributed by atoms with Gasteiger partial charge >= 0.3 is 12.1 Å². The van der Waals surface area contributed by atoms with Crippen LogP contribution in [-0.4, -0.2) is 202 Å². The van der Waals surface area contributed by atoms with E-state index in [0.717, 1.165) is 106 Å². The van der Waals surface area contributed by atoms with Crippen molar-refractivity contribution in [2.45, 2.75) is 60.0 Å². The number of likely N-dealkylation sites (N-methyl/N-ethyl adjacent to an activating group) is 2. The van der Waals surface area contributed by atoms with Gasteiger partial charge in [-0.15, -0.1) is 0 Å². The van der Waals surface area contributed by atoms with Gasteiger partial charge in [0.1, 0.15) is 83.2 Å².